The van der Waals surface area contributed by atoms with Gasteiger partial charge in [0, 0.05) is 25.7 Å². The summed E-state index contributed by atoms with van der Waals surface area (Å²) in [5.74, 6) is 1.88. The van der Waals surface area contributed by atoms with Crippen LogP contribution in [-0.2, 0) is 6.42 Å². The minimum atomic E-state index is 0.472. The van der Waals surface area contributed by atoms with E-state index in [9.17, 15) is 0 Å². The van der Waals surface area contributed by atoms with Crippen LogP contribution in [0.5, 0.6) is 11.5 Å². The fourth-order valence-corrected chi connectivity index (χ4v) is 2.67. The van der Waals surface area contributed by atoms with Crippen molar-refractivity contribution in [1.82, 2.24) is 10.2 Å². The molecule has 1 N–H and O–H groups in total. The summed E-state index contributed by atoms with van der Waals surface area (Å²) in [4.78, 5) is 2.36. The second-order valence-corrected chi connectivity index (χ2v) is 5.25. The third-order valence-electron chi connectivity index (χ3n) is 3.72. The first kappa shape index (κ1) is 14.2. The van der Waals surface area contributed by atoms with Gasteiger partial charge in [0.05, 0.1) is 14.2 Å². The Labute approximate surface area is 115 Å². The summed E-state index contributed by atoms with van der Waals surface area (Å²) in [5, 5.41) is 3.56. The molecule has 19 heavy (non-hydrogen) atoms. The van der Waals surface area contributed by atoms with Crippen molar-refractivity contribution in [2.45, 2.75) is 19.4 Å². The molecule has 1 unspecified atom stereocenters. The molecule has 0 saturated carbocycles. The first-order chi connectivity index (χ1) is 9.13. The number of methoxy groups -OCH3 is 2. The average molecular weight is 264 g/mol. The quantitative estimate of drug-likeness (QED) is 0.892. The molecule has 4 heteroatoms. The molecular weight excluding hydrogens is 240 g/mol. The second-order valence-electron chi connectivity index (χ2n) is 5.25. The zero-order chi connectivity index (χ0) is 13.8. The highest BCUT2D eigenvalue weighted by Crippen LogP contribution is 2.29. The second kappa shape index (κ2) is 6.26. The first-order valence-electron chi connectivity index (χ1n) is 6.77. The molecule has 1 saturated heterocycles. The molecule has 0 amide bonds. The molecule has 4 nitrogen and oxygen atoms in total. The lowest BCUT2D eigenvalue weighted by atomic mass is 10.0. The molecule has 106 valence electrons. The van der Waals surface area contributed by atoms with Crippen LogP contribution in [0.3, 0.4) is 0 Å². The van der Waals surface area contributed by atoms with Crippen LogP contribution in [0.25, 0.3) is 0 Å². The molecule has 0 aliphatic carbocycles. The lowest BCUT2D eigenvalue weighted by Crippen LogP contribution is -2.49. The van der Waals surface area contributed by atoms with E-state index in [-0.39, 0.29) is 0 Å². The van der Waals surface area contributed by atoms with Crippen molar-refractivity contribution < 1.29 is 9.47 Å². The minimum Gasteiger partial charge on any atom is -0.496 e. The molecule has 0 radical (unpaired) electrons. The van der Waals surface area contributed by atoms with Crippen molar-refractivity contribution in [3.05, 3.63) is 23.3 Å². The molecule has 1 aromatic rings. The predicted octanol–water partition coefficient (Wildman–Crippen LogP) is 1.46. The van der Waals surface area contributed by atoms with Crippen LogP contribution in [0.2, 0.25) is 0 Å². The van der Waals surface area contributed by atoms with E-state index in [2.05, 4.69) is 29.4 Å². The summed E-state index contributed by atoms with van der Waals surface area (Å²) in [6.45, 7) is 5.27. The van der Waals surface area contributed by atoms with Gasteiger partial charge in [-0.05, 0) is 43.7 Å². The van der Waals surface area contributed by atoms with E-state index in [0.717, 1.165) is 43.1 Å². The van der Waals surface area contributed by atoms with Crippen molar-refractivity contribution >= 4 is 0 Å². The Morgan fingerprint density at radius 3 is 2.63 bits per heavy atom. The molecule has 0 aromatic heterocycles. The van der Waals surface area contributed by atoms with E-state index in [1.807, 2.05) is 6.92 Å². The molecule has 1 aliphatic rings. The number of nitrogens with zero attached hydrogens (tertiary/aromatic N) is 1. The molecule has 1 heterocycles. The van der Waals surface area contributed by atoms with Gasteiger partial charge in [-0.15, -0.1) is 0 Å². The number of benzene rings is 1. The Hall–Kier alpha value is -1.26. The Kier molecular flexibility index (Phi) is 4.66. The monoisotopic (exact) mass is 264 g/mol. The molecule has 1 atom stereocenters. The van der Waals surface area contributed by atoms with Crippen LogP contribution in [0, 0.1) is 6.92 Å². The van der Waals surface area contributed by atoms with Gasteiger partial charge in [0.1, 0.15) is 11.5 Å². The fraction of sp³-hybridized carbons (Fsp3) is 0.600. The molecule has 2 rings (SSSR count). The Morgan fingerprint density at radius 1 is 1.26 bits per heavy atom. The maximum absolute atomic E-state index is 5.50. The smallest absolute Gasteiger partial charge is 0.122 e. The highest BCUT2D eigenvalue weighted by molar-refractivity contribution is 5.46. The van der Waals surface area contributed by atoms with Crippen molar-refractivity contribution in [3.63, 3.8) is 0 Å². The summed E-state index contributed by atoms with van der Waals surface area (Å²) in [6, 6.07) is 4.63. The van der Waals surface area contributed by atoms with E-state index < -0.39 is 0 Å². The fourth-order valence-electron chi connectivity index (χ4n) is 2.67. The largest absolute Gasteiger partial charge is 0.496 e. The molecule has 0 bridgehead atoms. The van der Waals surface area contributed by atoms with Gasteiger partial charge in [0.15, 0.2) is 0 Å². The average Bonchev–Trinajstić information content (AvgIpc) is 2.40. The number of likely N-dealkylation sites (N-methyl/N-ethyl adjacent to an activating group) is 1. The van der Waals surface area contributed by atoms with E-state index in [1.165, 1.54) is 5.56 Å². The van der Waals surface area contributed by atoms with Gasteiger partial charge < -0.3 is 19.7 Å². The van der Waals surface area contributed by atoms with E-state index in [0.29, 0.717) is 6.04 Å². The highest BCUT2D eigenvalue weighted by Gasteiger charge is 2.19. The summed E-state index contributed by atoms with van der Waals surface area (Å²) < 4.78 is 10.9. The van der Waals surface area contributed by atoms with Crippen LogP contribution in [0.4, 0.5) is 0 Å². The number of hydrogen-bond acceptors (Lipinski definition) is 4. The predicted molar refractivity (Wildman–Crippen MR) is 77.3 cm³/mol. The van der Waals surface area contributed by atoms with Gasteiger partial charge in [-0.2, -0.15) is 0 Å². The summed E-state index contributed by atoms with van der Waals surface area (Å²) in [7, 11) is 5.61. The topological polar surface area (TPSA) is 33.7 Å². The first-order valence-corrected chi connectivity index (χ1v) is 6.77. The highest BCUT2D eigenvalue weighted by atomic mass is 16.5. The maximum Gasteiger partial charge on any atom is 0.122 e. The number of nitrogens with one attached hydrogen (secondary N) is 1. The van der Waals surface area contributed by atoms with Crippen molar-refractivity contribution in [2.24, 2.45) is 0 Å². The van der Waals surface area contributed by atoms with Gasteiger partial charge in [-0.25, -0.2) is 0 Å². The lowest BCUT2D eigenvalue weighted by molar-refractivity contribution is 0.237. The number of aryl methyl sites for hydroxylation is 1. The van der Waals surface area contributed by atoms with Gasteiger partial charge in [0.2, 0.25) is 0 Å². The number of ether oxygens (including phenoxy) is 2. The van der Waals surface area contributed by atoms with E-state index >= 15 is 0 Å². The molecule has 1 aromatic carbocycles. The van der Waals surface area contributed by atoms with Gasteiger partial charge in [-0.1, -0.05) is 0 Å². The number of piperazine rings is 1. The summed E-state index contributed by atoms with van der Waals surface area (Å²) >= 11 is 0. The molecule has 1 fully saturated rings. The molecular formula is C15H24N2O2. The van der Waals surface area contributed by atoms with Crippen LogP contribution in [0.15, 0.2) is 12.1 Å². The Morgan fingerprint density at radius 2 is 2.00 bits per heavy atom. The van der Waals surface area contributed by atoms with Crippen LogP contribution in [0.1, 0.15) is 11.1 Å². The van der Waals surface area contributed by atoms with Crippen molar-refractivity contribution in [2.75, 3.05) is 40.9 Å². The zero-order valence-corrected chi connectivity index (χ0v) is 12.3. The maximum atomic E-state index is 5.50. The number of hydrogen-bond donors (Lipinski definition) is 1. The van der Waals surface area contributed by atoms with Crippen molar-refractivity contribution in [1.29, 1.82) is 0 Å². The van der Waals surface area contributed by atoms with Gasteiger partial charge in [-0.3, -0.25) is 0 Å². The SMILES string of the molecule is COc1cc(CC2CN(C)CCN2)c(OC)cc1C. The minimum absolute atomic E-state index is 0.472. The van der Waals surface area contributed by atoms with Crippen LogP contribution >= 0.6 is 0 Å². The molecule has 1 aliphatic heterocycles. The van der Waals surface area contributed by atoms with Gasteiger partial charge >= 0.3 is 0 Å². The summed E-state index contributed by atoms with van der Waals surface area (Å²) in [5.41, 5.74) is 2.31. The third kappa shape index (κ3) is 3.39. The van der Waals surface area contributed by atoms with Crippen LogP contribution in [-0.4, -0.2) is 51.8 Å². The zero-order valence-electron chi connectivity index (χ0n) is 12.3. The lowest BCUT2D eigenvalue weighted by Gasteiger charge is -2.31. The summed E-state index contributed by atoms with van der Waals surface area (Å²) in [6.07, 6.45) is 0.962. The number of rotatable bonds is 4. The van der Waals surface area contributed by atoms with Crippen molar-refractivity contribution in [3.8, 4) is 11.5 Å². The molecule has 0 spiro atoms. The third-order valence-corrected chi connectivity index (χ3v) is 3.72. The van der Waals surface area contributed by atoms with Gasteiger partial charge in [0.25, 0.3) is 0 Å². The van der Waals surface area contributed by atoms with E-state index in [4.69, 9.17) is 9.47 Å². The Balaban J connectivity index is 2.18. The standard InChI is InChI=1S/C15H24N2O2/c1-11-7-15(19-4)12(9-14(11)18-3)8-13-10-17(2)6-5-16-13/h7,9,13,16H,5-6,8,10H2,1-4H3. The normalized spacial score (nSPS) is 20.3. The van der Waals surface area contributed by atoms with Crippen LogP contribution < -0.4 is 14.8 Å². The van der Waals surface area contributed by atoms with E-state index in [1.54, 1.807) is 14.2 Å². The Bertz CT molecular complexity index is 434.